The summed E-state index contributed by atoms with van der Waals surface area (Å²) in [4.78, 5) is 28.4. The van der Waals surface area contributed by atoms with Crippen LogP contribution in [-0.2, 0) is 29.0 Å². The number of hydrogen-bond donors (Lipinski definition) is 1. The molecule has 32 heavy (non-hydrogen) atoms. The van der Waals surface area contributed by atoms with E-state index in [9.17, 15) is 9.59 Å². The van der Waals surface area contributed by atoms with Crippen molar-refractivity contribution in [3.63, 3.8) is 0 Å². The fourth-order valence-corrected chi connectivity index (χ4v) is 3.82. The Morgan fingerprint density at radius 2 is 1.56 bits per heavy atom. The van der Waals surface area contributed by atoms with E-state index < -0.39 is 6.04 Å². The predicted molar refractivity (Wildman–Crippen MR) is 130 cm³/mol. The van der Waals surface area contributed by atoms with Crippen molar-refractivity contribution in [3.05, 3.63) is 106 Å². The maximum atomic E-state index is 13.6. The zero-order chi connectivity index (χ0) is 22.9. The average Bonchev–Trinajstić information content (AvgIpc) is 2.79. The molecule has 0 aliphatic rings. The molecule has 0 radical (unpaired) electrons. The standard InChI is InChI=1S/C27H29ClN2O2/c1-3-29-27(32)25(17-21-10-5-4-6-11-21)30(19-23-12-8-7-9-20(23)2)26(31)18-22-13-15-24(28)16-14-22/h4-16,25H,3,17-19H2,1-2H3,(H,29,32)/t25-/m1/s1. The lowest BCUT2D eigenvalue weighted by Gasteiger charge is -2.32. The molecule has 2 amide bonds. The minimum absolute atomic E-state index is 0.0947. The van der Waals surface area contributed by atoms with Crippen LogP contribution in [0.3, 0.4) is 0 Å². The van der Waals surface area contributed by atoms with Gasteiger partial charge in [-0.05, 0) is 48.2 Å². The Labute approximate surface area is 195 Å². The highest BCUT2D eigenvalue weighted by Gasteiger charge is 2.30. The minimum Gasteiger partial charge on any atom is -0.355 e. The molecule has 0 bridgehead atoms. The summed E-state index contributed by atoms with van der Waals surface area (Å²) >= 11 is 6.00. The molecule has 4 nitrogen and oxygen atoms in total. The molecule has 1 N–H and O–H groups in total. The van der Waals surface area contributed by atoms with E-state index in [4.69, 9.17) is 11.6 Å². The molecule has 0 aliphatic heterocycles. The number of rotatable bonds is 9. The molecule has 0 saturated heterocycles. The number of hydrogen-bond acceptors (Lipinski definition) is 2. The third-order valence-corrected chi connectivity index (χ3v) is 5.74. The summed E-state index contributed by atoms with van der Waals surface area (Å²) in [6.07, 6.45) is 0.651. The first-order chi connectivity index (χ1) is 15.5. The van der Waals surface area contributed by atoms with Gasteiger partial charge in [-0.15, -0.1) is 0 Å². The summed E-state index contributed by atoms with van der Waals surface area (Å²) in [6, 6.07) is 24.4. The molecule has 166 valence electrons. The first-order valence-corrected chi connectivity index (χ1v) is 11.3. The van der Waals surface area contributed by atoms with E-state index >= 15 is 0 Å². The van der Waals surface area contributed by atoms with Crippen molar-refractivity contribution in [3.8, 4) is 0 Å². The van der Waals surface area contributed by atoms with E-state index in [1.54, 1.807) is 17.0 Å². The SMILES string of the molecule is CCNC(=O)[C@@H](Cc1ccccc1)N(Cc1ccccc1C)C(=O)Cc1ccc(Cl)cc1. The average molecular weight is 449 g/mol. The molecule has 0 aromatic heterocycles. The van der Waals surface area contributed by atoms with Crippen LogP contribution in [0, 0.1) is 6.92 Å². The van der Waals surface area contributed by atoms with Gasteiger partial charge in [0.1, 0.15) is 6.04 Å². The highest BCUT2D eigenvalue weighted by molar-refractivity contribution is 6.30. The van der Waals surface area contributed by atoms with Crippen LogP contribution in [0.5, 0.6) is 0 Å². The number of carbonyl (C=O) groups excluding carboxylic acids is 2. The highest BCUT2D eigenvalue weighted by atomic mass is 35.5. The molecular weight excluding hydrogens is 420 g/mol. The molecule has 3 aromatic carbocycles. The second kappa shape index (κ2) is 11.5. The molecule has 3 aromatic rings. The smallest absolute Gasteiger partial charge is 0.243 e. The Morgan fingerprint density at radius 1 is 0.906 bits per heavy atom. The van der Waals surface area contributed by atoms with Gasteiger partial charge < -0.3 is 10.2 Å². The van der Waals surface area contributed by atoms with Crippen molar-refractivity contribution in [2.24, 2.45) is 0 Å². The lowest BCUT2D eigenvalue weighted by Crippen LogP contribution is -2.51. The number of amides is 2. The molecule has 0 fully saturated rings. The van der Waals surface area contributed by atoms with Crippen molar-refractivity contribution < 1.29 is 9.59 Å². The molecular formula is C27H29ClN2O2. The number of nitrogens with one attached hydrogen (secondary N) is 1. The quantitative estimate of drug-likeness (QED) is 0.502. The molecule has 1 atom stereocenters. The van der Waals surface area contributed by atoms with Crippen molar-refractivity contribution in [2.45, 2.75) is 39.3 Å². The van der Waals surface area contributed by atoms with Crippen LogP contribution in [0.15, 0.2) is 78.9 Å². The van der Waals surface area contributed by atoms with Crippen molar-refractivity contribution in [1.29, 1.82) is 0 Å². The molecule has 0 aliphatic carbocycles. The Hall–Kier alpha value is -3.11. The largest absolute Gasteiger partial charge is 0.355 e. The summed E-state index contributed by atoms with van der Waals surface area (Å²) in [5.74, 6) is -0.239. The van der Waals surface area contributed by atoms with Gasteiger partial charge >= 0.3 is 0 Å². The Balaban J connectivity index is 1.95. The molecule has 0 heterocycles. The van der Waals surface area contributed by atoms with Crippen molar-refractivity contribution in [1.82, 2.24) is 10.2 Å². The summed E-state index contributed by atoms with van der Waals surface area (Å²) in [6.45, 7) is 4.79. The minimum atomic E-state index is -0.614. The van der Waals surface area contributed by atoms with Gasteiger partial charge in [0.25, 0.3) is 0 Å². The van der Waals surface area contributed by atoms with Crippen LogP contribution < -0.4 is 5.32 Å². The maximum absolute atomic E-state index is 13.6. The van der Waals surface area contributed by atoms with E-state index in [0.29, 0.717) is 24.5 Å². The van der Waals surface area contributed by atoms with Crippen LogP contribution >= 0.6 is 11.6 Å². The van der Waals surface area contributed by atoms with Gasteiger partial charge in [-0.1, -0.05) is 78.3 Å². The molecule has 0 saturated carbocycles. The van der Waals surface area contributed by atoms with E-state index in [1.807, 2.05) is 80.6 Å². The van der Waals surface area contributed by atoms with E-state index in [2.05, 4.69) is 5.32 Å². The second-order valence-corrected chi connectivity index (χ2v) is 8.29. The van der Waals surface area contributed by atoms with Crippen molar-refractivity contribution >= 4 is 23.4 Å². The zero-order valence-corrected chi connectivity index (χ0v) is 19.3. The third-order valence-electron chi connectivity index (χ3n) is 5.49. The fourth-order valence-electron chi connectivity index (χ4n) is 3.70. The van der Waals surface area contributed by atoms with Gasteiger partial charge in [0, 0.05) is 24.5 Å². The zero-order valence-electron chi connectivity index (χ0n) is 18.6. The Bertz CT molecular complexity index is 1040. The van der Waals surface area contributed by atoms with Gasteiger partial charge in [-0.3, -0.25) is 9.59 Å². The summed E-state index contributed by atoms with van der Waals surface area (Å²) < 4.78 is 0. The van der Waals surface area contributed by atoms with Crippen LogP contribution in [0.2, 0.25) is 5.02 Å². The normalized spacial score (nSPS) is 11.6. The lowest BCUT2D eigenvalue weighted by atomic mass is 10.0. The van der Waals surface area contributed by atoms with Crippen LogP contribution in [0.25, 0.3) is 0 Å². The monoisotopic (exact) mass is 448 g/mol. The number of carbonyl (C=O) groups is 2. The predicted octanol–water partition coefficient (Wildman–Crippen LogP) is 4.97. The van der Waals surface area contributed by atoms with Gasteiger partial charge in [0.05, 0.1) is 6.42 Å². The fraction of sp³-hybridized carbons (Fsp3) is 0.259. The van der Waals surface area contributed by atoms with Gasteiger partial charge in [0.2, 0.25) is 11.8 Å². The lowest BCUT2D eigenvalue weighted by molar-refractivity contribution is -0.140. The van der Waals surface area contributed by atoms with Gasteiger partial charge in [-0.25, -0.2) is 0 Å². The van der Waals surface area contributed by atoms with E-state index in [1.165, 1.54) is 0 Å². The van der Waals surface area contributed by atoms with E-state index in [-0.39, 0.29) is 18.2 Å². The van der Waals surface area contributed by atoms with Crippen molar-refractivity contribution in [2.75, 3.05) is 6.54 Å². The summed E-state index contributed by atoms with van der Waals surface area (Å²) in [5.41, 5.74) is 3.99. The summed E-state index contributed by atoms with van der Waals surface area (Å²) in [5, 5.41) is 3.55. The van der Waals surface area contributed by atoms with Crippen LogP contribution in [0.1, 0.15) is 29.2 Å². The topological polar surface area (TPSA) is 49.4 Å². The molecule has 0 spiro atoms. The Morgan fingerprint density at radius 3 is 2.22 bits per heavy atom. The number of benzene rings is 3. The number of nitrogens with zero attached hydrogens (tertiary/aromatic N) is 1. The second-order valence-electron chi connectivity index (χ2n) is 7.85. The number of likely N-dealkylation sites (N-methyl/N-ethyl adjacent to an activating group) is 1. The van der Waals surface area contributed by atoms with Gasteiger partial charge in [-0.2, -0.15) is 0 Å². The highest BCUT2D eigenvalue weighted by Crippen LogP contribution is 2.19. The number of halogens is 1. The van der Waals surface area contributed by atoms with E-state index in [0.717, 1.165) is 22.3 Å². The Kier molecular flexibility index (Phi) is 8.46. The van der Waals surface area contributed by atoms with Crippen LogP contribution in [-0.4, -0.2) is 29.3 Å². The first-order valence-electron chi connectivity index (χ1n) is 10.9. The van der Waals surface area contributed by atoms with Gasteiger partial charge in [0.15, 0.2) is 0 Å². The molecule has 0 unspecified atom stereocenters. The third kappa shape index (κ3) is 6.44. The number of aryl methyl sites for hydroxylation is 1. The molecule has 5 heteroatoms. The maximum Gasteiger partial charge on any atom is 0.243 e. The van der Waals surface area contributed by atoms with Crippen LogP contribution in [0.4, 0.5) is 0 Å². The summed E-state index contributed by atoms with van der Waals surface area (Å²) in [7, 11) is 0. The first kappa shape index (κ1) is 23.6. The molecule has 3 rings (SSSR count).